The highest BCUT2D eigenvalue weighted by Crippen LogP contribution is 2.19. The summed E-state index contributed by atoms with van der Waals surface area (Å²) in [5.41, 5.74) is 1.21. The number of nitrogens with zero attached hydrogens (tertiary/aromatic N) is 3. The largest absolute Gasteiger partial charge is 0.339 e. The number of carbonyl (C=O) groups excluding carboxylic acids is 4. The second-order valence-electron chi connectivity index (χ2n) is 6.22. The molecule has 1 saturated heterocycles. The molecule has 1 aromatic rings. The van der Waals surface area contributed by atoms with Gasteiger partial charge in [0.15, 0.2) is 0 Å². The summed E-state index contributed by atoms with van der Waals surface area (Å²) in [7, 11) is 0. The van der Waals surface area contributed by atoms with Crippen LogP contribution in [0.25, 0.3) is 0 Å². The first kappa shape index (κ1) is 19.4. The topological polar surface area (TPSA) is 90.0 Å². The molecule has 0 atom stereocenters. The maximum Gasteiger partial charge on any atom is 0.242 e. The molecule has 0 unspecified atom stereocenters. The number of anilines is 2. The Bertz CT molecular complexity index is 694. The average Bonchev–Trinajstić information content (AvgIpc) is 2.59. The third kappa shape index (κ3) is 5.05. The van der Waals surface area contributed by atoms with Crippen LogP contribution < -0.4 is 10.2 Å². The average molecular weight is 360 g/mol. The minimum Gasteiger partial charge on any atom is -0.339 e. The maximum atomic E-state index is 12.5. The predicted molar refractivity (Wildman–Crippen MR) is 97.6 cm³/mol. The first-order chi connectivity index (χ1) is 12.3. The summed E-state index contributed by atoms with van der Waals surface area (Å²) in [6.07, 6.45) is 0. The quantitative estimate of drug-likeness (QED) is 0.855. The van der Waals surface area contributed by atoms with Gasteiger partial charge < -0.3 is 20.0 Å². The molecule has 1 aromatic carbocycles. The number of benzene rings is 1. The molecule has 1 heterocycles. The molecule has 2 rings (SSSR count). The molecule has 26 heavy (non-hydrogen) atoms. The SMILES string of the molecule is CC(=O)Nc1ccc(N(CC(=O)N2CCN(C(C)=O)CC2)C(C)=O)cc1. The Morgan fingerprint density at radius 2 is 1.46 bits per heavy atom. The second-order valence-corrected chi connectivity index (χ2v) is 6.22. The van der Waals surface area contributed by atoms with E-state index in [2.05, 4.69) is 5.32 Å². The van der Waals surface area contributed by atoms with E-state index in [1.54, 1.807) is 34.1 Å². The molecular weight excluding hydrogens is 336 g/mol. The number of rotatable bonds is 4. The van der Waals surface area contributed by atoms with Gasteiger partial charge in [-0.15, -0.1) is 0 Å². The lowest BCUT2D eigenvalue weighted by Crippen LogP contribution is -2.52. The molecule has 1 aliphatic heterocycles. The smallest absolute Gasteiger partial charge is 0.242 e. The molecule has 1 N–H and O–H groups in total. The van der Waals surface area contributed by atoms with E-state index in [-0.39, 0.29) is 30.2 Å². The Labute approximate surface area is 152 Å². The number of amides is 4. The van der Waals surface area contributed by atoms with Gasteiger partial charge in [0.25, 0.3) is 0 Å². The zero-order chi connectivity index (χ0) is 19.3. The summed E-state index contributed by atoms with van der Waals surface area (Å²) >= 11 is 0. The maximum absolute atomic E-state index is 12.5. The van der Waals surface area contributed by atoms with E-state index in [9.17, 15) is 19.2 Å². The van der Waals surface area contributed by atoms with Gasteiger partial charge in [0.05, 0.1) is 0 Å². The molecule has 1 fully saturated rings. The van der Waals surface area contributed by atoms with Crippen molar-refractivity contribution in [2.24, 2.45) is 0 Å². The lowest BCUT2D eigenvalue weighted by molar-refractivity contribution is -0.137. The Hall–Kier alpha value is -2.90. The van der Waals surface area contributed by atoms with Crippen molar-refractivity contribution in [3.63, 3.8) is 0 Å². The molecule has 0 radical (unpaired) electrons. The number of nitrogens with one attached hydrogen (secondary N) is 1. The van der Waals surface area contributed by atoms with Gasteiger partial charge in [0.1, 0.15) is 6.54 Å². The number of hydrogen-bond donors (Lipinski definition) is 1. The highest BCUT2D eigenvalue weighted by molar-refractivity contribution is 5.98. The molecule has 8 heteroatoms. The van der Waals surface area contributed by atoms with Gasteiger partial charge >= 0.3 is 0 Å². The minimum atomic E-state index is -0.243. The van der Waals surface area contributed by atoms with Crippen LogP contribution in [0.2, 0.25) is 0 Å². The van der Waals surface area contributed by atoms with E-state index in [0.29, 0.717) is 37.6 Å². The van der Waals surface area contributed by atoms with Crippen molar-refractivity contribution in [1.29, 1.82) is 0 Å². The van der Waals surface area contributed by atoms with Crippen molar-refractivity contribution >= 4 is 35.0 Å². The monoisotopic (exact) mass is 360 g/mol. The summed E-state index contributed by atoms with van der Waals surface area (Å²) in [4.78, 5) is 51.8. The first-order valence-electron chi connectivity index (χ1n) is 8.47. The fourth-order valence-corrected chi connectivity index (χ4v) is 2.82. The molecule has 8 nitrogen and oxygen atoms in total. The van der Waals surface area contributed by atoms with Gasteiger partial charge in [0, 0.05) is 58.3 Å². The van der Waals surface area contributed by atoms with Gasteiger partial charge in [-0.3, -0.25) is 19.2 Å². The fourth-order valence-electron chi connectivity index (χ4n) is 2.82. The van der Waals surface area contributed by atoms with Crippen LogP contribution in [0.1, 0.15) is 20.8 Å². The molecule has 0 saturated carbocycles. The third-order valence-corrected chi connectivity index (χ3v) is 4.25. The molecule has 140 valence electrons. The van der Waals surface area contributed by atoms with Gasteiger partial charge in [-0.05, 0) is 24.3 Å². The van der Waals surface area contributed by atoms with Gasteiger partial charge in [-0.1, -0.05) is 0 Å². The predicted octanol–water partition coefficient (Wildman–Crippen LogP) is 0.689. The lowest BCUT2D eigenvalue weighted by atomic mass is 10.2. The Morgan fingerprint density at radius 3 is 1.92 bits per heavy atom. The third-order valence-electron chi connectivity index (χ3n) is 4.25. The van der Waals surface area contributed by atoms with E-state index in [0.717, 1.165) is 0 Å². The van der Waals surface area contributed by atoms with Crippen LogP contribution in [-0.4, -0.2) is 66.2 Å². The van der Waals surface area contributed by atoms with Crippen molar-refractivity contribution in [3.05, 3.63) is 24.3 Å². The van der Waals surface area contributed by atoms with Crippen LogP contribution in [-0.2, 0) is 19.2 Å². The van der Waals surface area contributed by atoms with E-state index in [1.807, 2.05) is 0 Å². The van der Waals surface area contributed by atoms with Crippen LogP contribution in [0.15, 0.2) is 24.3 Å². The number of piperazine rings is 1. The summed E-state index contributed by atoms with van der Waals surface area (Å²) in [5, 5.41) is 2.66. The minimum absolute atomic E-state index is 0.00159. The first-order valence-corrected chi connectivity index (χ1v) is 8.47. The van der Waals surface area contributed by atoms with Crippen molar-refractivity contribution in [2.75, 3.05) is 42.9 Å². The Morgan fingerprint density at radius 1 is 0.923 bits per heavy atom. The zero-order valence-electron chi connectivity index (χ0n) is 15.3. The molecular formula is C18H24N4O4. The molecule has 1 aliphatic rings. The van der Waals surface area contributed by atoms with E-state index < -0.39 is 0 Å². The summed E-state index contributed by atoms with van der Waals surface area (Å²) in [5.74, 6) is -0.579. The summed E-state index contributed by atoms with van der Waals surface area (Å²) in [6, 6.07) is 6.74. The van der Waals surface area contributed by atoms with Crippen molar-refractivity contribution < 1.29 is 19.2 Å². The van der Waals surface area contributed by atoms with E-state index >= 15 is 0 Å². The van der Waals surface area contributed by atoms with Gasteiger partial charge in [-0.2, -0.15) is 0 Å². The highest BCUT2D eigenvalue weighted by Gasteiger charge is 2.25. The van der Waals surface area contributed by atoms with Crippen molar-refractivity contribution in [2.45, 2.75) is 20.8 Å². The standard InChI is InChI=1S/C18H24N4O4/c1-13(23)19-16-4-6-17(7-5-16)22(15(3)25)12-18(26)21-10-8-20(9-11-21)14(2)24/h4-7H,8-12H2,1-3H3,(H,19,23). The van der Waals surface area contributed by atoms with E-state index in [1.165, 1.54) is 25.7 Å². The van der Waals surface area contributed by atoms with Crippen molar-refractivity contribution in [3.8, 4) is 0 Å². The van der Waals surface area contributed by atoms with Crippen LogP contribution >= 0.6 is 0 Å². The van der Waals surface area contributed by atoms with Crippen molar-refractivity contribution in [1.82, 2.24) is 9.80 Å². The normalized spacial score (nSPS) is 14.0. The van der Waals surface area contributed by atoms with Crippen LogP contribution in [0.5, 0.6) is 0 Å². The van der Waals surface area contributed by atoms with Crippen LogP contribution in [0.4, 0.5) is 11.4 Å². The molecule has 0 aliphatic carbocycles. The Kier molecular flexibility index (Phi) is 6.32. The van der Waals surface area contributed by atoms with Crippen LogP contribution in [0, 0.1) is 0 Å². The lowest BCUT2D eigenvalue weighted by Gasteiger charge is -2.35. The molecule has 0 aromatic heterocycles. The number of carbonyl (C=O) groups is 4. The molecule has 4 amide bonds. The molecule has 0 spiro atoms. The second kappa shape index (κ2) is 8.46. The summed E-state index contributed by atoms with van der Waals surface area (Å²) < 4.78 is 0. The summed E-state index contributed by atoms with van der Waals surface area (Å²) in [6.45, 7) is 6.22. The highest BCUT2D eigenvalue weighted by atomic mass is 16.2. The Balaban J connectivity index is 2.02. The van der Waals surface area contributed by atoms with Gasteiger partial charge in [-0.25, -0.2) is 0 Å². The van der Waals surface area contributed by atoms with Gasteiger partial charge in [0.2, 0.25) is 23.6 Å². The fraction of sp³-hybridized carbons (Fsp3) is 0.444. The van der Waals surface area contributed by atoms with Crippen LogP contribution in [0.3, 0.4) is 0 Å². The number of hydrogen-bond acceptors (Lipinski definition) is 4. The zero-order valence-corrected chi connectivity index (χ0v) is 15.3. The molecule has 0 bridgehead atoms. The van der Waals surface area contributed by atoms with E-state index in [4.69, 9.17) is 0 Å².